The highest BCUT2D eigenvalue weighted by molar-refractivity contribution is 7.13. The lowest BCUT2D eigenvalue weighted by molar-refractivity contribution is -0.150. The number of cyclic esters (lactones) is 1. The van der Waals surface area contributed by atoms with Crippen molar-refractivity contribution in [1.82, 2.24) is 4.98 Å². The highest BCUT2D eigenvalue weighted by atomic mass is 32.1. The number of rotatable bonds is 6. The van der Waals surface area contributed by atoms with E-state index in [1.165, 1.54) is 5.56 Å². The normalized spacial score (nSPS) is 23.1. The molecule has 1 fully saturated rings. The summed E-state index contributed by atoms with van der Waals surface area (Å²) in [6.07, 6.45) is 2.66. The van der Waals surface area contributed by atoms with E-state index in [0.29, 0.717) is 12.3 Å². The van der Waals surface area contributed by atoms with Crippen LogP contribution in [0.2, 0.25) is 0 Å². The molecule has 0 aliphatic carbocycles. The summed E-state index contributed by atoms with van der Waals surface area (Å²) < 4.78 is 5.74. The first kappa shape index (κ1) is 17.9. The van der Waals surface area contributed by atoms with Crippen molar-refractivity contribution in [2.45, 2.75) is 52.6 Å². The number of aryl methyl sites for hydroxylation is 1. The Bertz CT molecular complexity index is 756. The SMILES string of the molecule is Cc1ccccc1Nc1nc([C@@]2(C)C[C@H](CCC(C)C)C(=O)O2)cs1. The van der Waals surface area contributed by atoms with Crippen molar-refractivity contribution in [2.24, 2.45) is 11.8 Å². The first-order valence-electron chi connectivity index (χ1n) is 8.89. The van der Waals surface area contributed by atoms with E-state index in [2.05, 4.69) is 32.2 Å². The van der Waals surface area contributed by atoms with Crippen LogP contribution in [0.1, 0.15) is 51.3 Å². The van der Waals surface area contributed by atoms with Crippen LogP contribution >= 0.6 is 11.3 Å². The van der Waals surface area contributed by atoms with Crippen LogP contribution in [-0.4, -0.2) is 11.0 Å². The molecule has 2 aromatic rings. The third-order valence-corrected chi connectivity index (χ3v) is 5.58. The largest absolute Gasteiger partial charge is 0.453 e. The van der Waals surface area contributed by atoms with Crippen molar-refractivity contribution in [1.29, 1.82) is 0 Å². The minimum Gasteiger partial charge on any atom is -0.453 e. The summed E-state index contributed by atoms with van der Waals surface area (Å²) in [5.41, 5.74) is 2.45. The van der Waals surface area contributed by atoms with Gasteiger partial charge in [0.25, 0.3) is 0 Å². The summed E-state index contributed by atoms with van der Waals surface area (Å²) in [6.45, 7) is 8.41. The zero-order chi connectivity index (χ0) is 18.0. The van der Waals surface area contributed by atoms with Crippen LogP contribution in [0.15, 0.2) is 29.6 Å². The van der Waals surface area contributed by atoms with Crippen LogP contribution in [0.4, 0.5) is 10.8 Å². The van der Waals surface area contributed by atoms with Crippen LogP contribution in [0, 0.1) is 18.8 Å². The second-order valence-corrected chi connectivity index (χ2v) is 8.36. The number of carbonyl (C=O) groups is 1. The molecule has 134 valence electrons. The van der Waals surface area contributed by atoms with E-state index >= 15 is 0 Å². The van der Waals surface area contributed by atoms with Crippen LogP contribution in [0.3, 0.4) is 0 Å². The fraction of sp³-hybridized carbons (Fsp3) is 0.500. The third kappa shape index (κ3) is 4.03. The molecule has 1 saturated heterocycles. The van der Waals surface area contributed by atoms with Gasteiger partial charge in [0.1, 0.15) is 0 Å². The fourth-order valence-electron chi connectivity index (χ4n) is 3.21. The summed E-state index contributed by atoms with van der Waals surface area (Å²) in [4.78, 5) is 17.0. The van der Waals surface area contributed by atoms with Crippen molar-refractivity contribution >= 4 is 28.1 Å². The molecule has 3 rings (SSSR count). The van der Waals surface area contributed by atoms with Gasteiger partial charge in [-0.05, 0) is 37.8 Å². The van der Waals surface area contributed by atoms with Gasteiger partial charge in [-0.3, -0.25) is 4.79 Å². The molecular formula is C20H26N2O2S. The van der Waals surface area contributed by atoms with Crippen molar-refractivity contribution < 1.29 is 9.53 Å². The number of nitrogens with zero attached hydrogens (tertiary/aromatic N) is 1. The molecule has 25 heavy (non-hydrogen) atoms. The number of hydrogen-bond acceptors (Lipinski definition) is 5. The van der Waals surface area contributed by atoms with Gasteiger partial charge in [-0.1, -0.05) is 38.5 Å². The number of anilines is 2. The average molecular weight is 359 g/mol. The van der Waals surface area contributed by atoms with E-state index in [9.17, 15) is 4.79 Å². The van der Waals surface area contributed by atoms with Crippen molar-refractivity contribution in [3.8, 4) is 0 Å². The van der Waals surface area contributed by atoms with E-state index in [4.69, 9.17) is 9.72 Å². The van der Waals surface area contributed by atoms with Gasteiger partial charge < -0.3 is 10.1 Å². The molecule has 1 N–H and O–H groups in total. The first-order valence-corrected chi connectivity index (χ1v) is 9.77. The molecule has 2 heterocycles. The standard InChI is InChI=1S/C20H26N2O2S/c1-13(2)9-10-15-11-20(4,24-18(15)23)17-12-25-19(22-17)21-16-8-6-5-7-14(16)3/h5-8,12-13,15H,9-11H2,1-4H3,(H,21,22)/t15-,20+/m0/s1. The Labute approximate surface area is 153 Å². The Balaban J connectivity index is 1.71. The van der Waals surface area contributed by atoms with E-state index in [-0.39, 0.29) is 11.9 Å². The molecule has 1 aliphatic heterocycles. The molecule has 1 aromatic heterocycles. The molecule has 0 spiro atoms. The Hall–Kier alpha value is -1.88. The number of benzene rings is 1. The summed E-state index contributed by atoms with van der Waals surface area (Å²) in [6, 6.07) is 8.12. The van der Waals surface area contributed by atoms with E-state index < -0.39 is 5.60 Å². The van der Waals surface area contributed by atoms with E-state index in [1.807, 2.05) is 30.5 Å². The zero-order valence-electron chi connectivity index (χ0n) is 15.3. The minimum atomic E-state index is -0.610. The first-order chi connectivity index (χ1) is 11.9. The lowest BCUT2D eigenvalue weighted by Gasteiger charge is -2.20. The van der Waals surface area contributed by atoms with Gasteiger partial charge in [0, 0.05) is 17.5 Å². The smallest absolute Gasteiger partial charge is 0.310 e. The average Bonchev–Trinajstić information content (AvgIpc) is 3.13. The molecule has 1 aromatic carbocycles. The maximum absolute atomic E-state index is 12.3. The monoisotopic (exact) mass is 358 g/mol. The Morgan fingerprint density at radius 1 is 1.40 bits per heavy atom. The summed E-state index contributed by atoms with van der Waals surface area (Å²) >= 11 is 1.55. The number of aromatic nitrogens is 1. The number of thiazole rings is 1. The molecule has 0 amide bonds. The Morgan fingerprint density at radius 2 is 2.16 bits per heavy atom. The molecule has 5 heteroatoms. The minimum absolute atomic E-state index is 0.0122. The summed E-state index contributed by atoms with van der Waals surface area (Å²) in [7, 11) is 0. The van der Waals surface area contributed by atoms with Crippen LogP contribution in [-0.2, 0) is 15.1 Å². The Morgan fingerprint density at radius 3 is 2.88 bits per heavy atom. The van der Waals surface area contributed by atoms with Crippen molar-refractivity contribution in [3.63, 3.8) is 0 Å². The maximum Gasteiger partial charge on any atom is 0.310 e. The van der Waals surface area contributed by atoms with Crippen LogP contribution in [0.25, 0.3) is 0 Å². The maximum atomic E-state index is 12.3. The molecule has 2 atom stereocenters. The number of esters is 1. The molecule has 0 unspecified atom stereocenters. The predicted molar refractivity (Wildman–Crippen MR) is 102 cm³/mol. The molecule has 0 saturated carbocycles. The van der Waals surface area contributed by atoms with E-state index in [0.717, 1.165) is 29.4 Å². The molecular weight excluding hydrogens is 332 g/mol. The predicted octanol–water partition coefficient (Wildman–Crippen LogP) is 5.41. The molecule has 4 nitrogen and oxygen atoms in total. The van der Waals surface area contributed by atoms with Gasteiger partial charge in [0.05, 0.1) is 11.6 Å². The van der Waals surface area contributed by atoms with Gasteiger partial charge in [-0.15, -0.1) is 11.3 Å². The van der Waals surface area contributed by atoms with Crippen molar-refractivity contribution in [2.75, 3.05) is 5.32 Å². The zero-order valence-corrected chi connectivity index (χ0v) is 16.2. The Kier molecular flexibility index (Phi) is 5.13. The van der Waals surface area contributed by atoms with Crippen LogP contribution < -0.4 is 5.32 Å². The number of carbonyl (C=O) groups excluding carboxylic acids is 1. The van der Waals surface area contributed by atoms with Gasteiger partial charge in [-0.25, -0.2) is 4.98 Å². The van der Waals surface area contributed by atoms with Crippen molar-refractivity contribution in [3.05, 3.63) is 40.9 Å². The lowest BCUT2D eigenvalue weighted by Crippen LogP contribution is -2.21. The number of para-hydroxylation sites is 1. The molecule has 1 aliphatic rings. The fourth-order valence-corrected chi connectivity index (χ4v) is 4.06. The number of nitrogens with one attached hydrogen (secondary N) is 1. The number of hydrogen-bond donors (Lipinski definition) is 1. The van der Waals surface area contributed by atoms with Gasteiger partial charge in [0.2, 0.25) is 0 Å². The highest BCUT2D eigenvalue weighted by Crippen LogP contribution is 2.42. The molecule has 0 bridgehead atoms. The number of ether oxygens (including phenoxy) is 1. The topological polar surface area (TPSA) is 51.2 Å². The molecule has 0 radical (unpaired) electrons. The summed E-state index contributed by atoms with van der Waals surface area (Å²) in [5, 5.41) is 6.19. The van der Waals surface area contributed by atoms with Gasteiger partial charge >= 0.3 is 5.97 Å². The van der Waals surface area contributed by atoms with Crippen LogP contribution in [0.5, 0.6) is 0 Å². The van der Waals surface area contributed by atoms with E-state index in [1.54, 1.807) is 11.3 Å². The summed E-state index contributed by atoms with van der Waals surface area (Å²) in [5.74, 6) is 0.510. The highest BCUT2D eigenvalue weighted by Gasteiger charge is 2.45. The second kappa shape index (κ2) is 7.16. The lowest BCUT2D eigenvalue weighted by atomic mass is 9.89. The quantitative estimate of drug-likeness (QED) is 0.702. The van der Waals surface area contributed by atoms with Gasteiger partial charge in [-0.2, -0.15) is 0 Å². The van der Waals surface area contributed by atoms with Gasteiger partial charge in [0.15, 0.2) is 10.7 Å². The second-order valence-electron chi connectivity index (χ2n) is 7.50. The third-order valence-electron chi connectivity index (χ3n) is 4.82.